The molecule has 1 saturated heterocycles. The third kappa shape index (κ3) is 2.70. The zero-order valence-electron chi connectivity index (χ0n) is 12.8. The number of hydrogen-bond donors (Lipinski definition) is 1. The van der Waals surface area contributed by atoms with Gasteiger partial charge in [-0.05, 0) is 31.2 Å². The molecule has 4 atom stereocenters. The normalized spacial score (nSPS) is 32.9. The molecule has 0 radical (unpaired) electrons. The summed E-state index contributed by atoms with van der Waals surface area (Å²) >= 11 is 0. The lowest BCUT2D eigenvalue weighted by Gasteiger charge is -2.30. The second kappa shape index (κ2) is 6.16. The Kier molecular flexibility index (Phi) is 4.27. The molecule has 1 amide bonds. The van der Waals surface area contributed by atoms with Gasteiger partial charge in [0.1, 0.15) is 6.17 Å². The molecule has 1 aliphatic carbocycles. The van der Waals surface area contributed by atoms with Crippen LogP contribution in [0, 0.1) is 0 Å². The first kappa shape index (κ1) is 14.5. The van der Waals surface area contributed by atoms with Gasteiger partial charge in [0.2, 0.25) is 5.91 Å². The van der Waals surface area contributed by atoms with Gasteiger partial charge in [-0.3, -0.25) is 10.1 Å². The minimum absolute atomic E-state index is 0.00394. The van der Waals surface area contributed by atoms with Gasteiger partial charge in [-0.15, -0.1) is 0 Å². The third-order valence-electron chi connectivity index (χ3n) is 4.80. The van der Waals surface area contributed by atoms with Crippen molar-refractivity contribution in [3.63, 3.8) is 0 Å². The molecular weight excluding hydrogens is 264 g/mol. The maximum atomic E-state index is 12.7. The monoisotopic (exact) mass is 288 g/mol. The molecule has 21 heavy (non-hydrogen) atoms. The molecule has 1 aromatic rings. The zero-order chi connectivity index (χ0) is 14.8. The van der Waals surface area contributed by atoms with E-state index in [4.69, 9.17) is 4.74 Å². The summed E-state index contributed by atoms with van der Waals surface area (Å²) in [7, 11) is 1.76. The van der Waals surface area contributed by atoms with Crippen LogP contribution >= 0.6 is 0 Å². The summed E-state index contributed by atoms with van der Waals surface area (Å²) in [5, 5.41) is 3.50. The molecule has 0 bridgehead atoms. The van der Waals surface area contributed by atoms with E-state index in [9.17, 15) is 4.79 Å². The van der Waals surface area contributed by atoms with Crippen LogP contribution in [-0.2, 0) is 9.53 Å². The largest absolute Gasteiger partial charge is 0.381 e. The molecule has 4 unspecified atom stereocenters. The molecule has 4 nitrogen and oxygen atoms in total. The highest BCUT2D eigenvalue weighted by atomic mass is 16.5. The molecular formula is C17H24N2O2. The maximum Gasteiger partial charge on any atom is 0.241 e. The Labute approximate surface area is 126 Å². The van der Waals surface area contributed by atoms with E-state index >= 15 is 0 Å². The highest BCUT2D eigenvalue weighted by Crippen LogP contribution is 2.35. The molecule has 4 heteroatoms. The summed E-state index contributed by atoms with van der Waals surface area (Å²) in [4.78, 5) is 14.8. The fourth-order valence-electron chi connectivity index (χ4n) is 3.61. The minimum Gasteiger partial charge on any atom is -0.381 e. The van der Waals surface area contributed by atoms with E-state index in [0.29, 0.717) is 6.10 Å². The molecule has 1 aliphatic heterocycles. The van der Waals surface area contributed by atoms with Crippen LogP contribution < -0.4 is 5.32 Å². The SMILES string of the molecule is CCC1NC(c2ccccc2)N(C2CCC(OC)C2)C1=O. The van der Waals surface area contributed by atoms with Crippen molar-refractivity contribution in [3.8, 4) is 0 Å². The van der Waals surface area contributed by atoms with E-state index in [1.165, 1.54) is 5.56 Å². The molecule has 0 aromatic heterocycles. The topological polar surface area (TPSA) is 41.6 Å². The first-order chi connectivity index (χ1) is 10.2. The number of carbonyl (C=O) groups is 1. The van der Waals surface area contributed by atoms with E-state index in [2.05, 4.69) is 29.3 Å². The van der Waals surface area contributed by atoms with Crippen molar-refractivity contribution in [2.45, 2.75) is 57.0 Å². The Morgan fingerprint density at radius 2 is 2.05 bits per heavy atom. The van der Waals surface area contributed by atoms with Crippen molar-refractivity contribution >= 4 is 5.91 Å². The van der Waals surface area contributed by atoms with Crippen LogP contribution in [0.25, 0.3) is 0 Å². The zero-order valence-corrected chi connectivity index (χ0v) is 12.8. The van der Waals surface area contributed by atoms with Crippen molar-refractivity contribution < 1.29 is 9.53 Å². The Morgan fingerprint density at radius 3 is 2.67 bits per heavy atom. The minimum atomic E-state index is -0.0585. The number of hydrogen-bond acceptors (Lipinski definition) is 3. The Balaban J connectivity index is 1.85. The molecule has 114 valence electrons. The maximum absolute atomic E-state index is 12.7. The van der Waals surface area contributed by atoms with Crippen LogP contribution in [0.3, 0.4) is 0 Å². The van der Waals surface area contributed by atoms with Gasteiger partial charge >= 0.3 is 0 Å². The number of ether oxygens (including phenoxy) is 1. The van der Waals surface area contributed by atoms with Crippen LogP contribution in [0.15, 0.2) is 30.3 Å². The standard InChI is InChI=1S/C17H24N2O2/c1-3-15-17(20)19(13-9-10-14(11-13)21-2)16(18-15)12-7-5-4-6-8-12/h4-8,13-16,18H,3,9-11H2,1-2H3. The van der Waals surface area contributed by atoms with Crippen LogP contribution in [0.1, 0.15) is 44.3 Å². The number of methoxy groups -OCH3 is 1. The van der Waals surface area contributed by atoms with Crippen molar-refractivity contribution in [1.82, 2.24) is 10.2 Å². The number of nitrogens with one attached hydrogen (secondary N) is 1. The third-order valence-corrected chi connectivity index (χ3v) is 4.80. The summed E-state index contributed by atoms with van der Waals surface area (Å²) in [5.41, 5.74) is 1.17. The van der Waals surface area contributed by atoms with Gasteiger partial charge in [0, 0.05) is 13.2 Å². The van der Waals surface area contributed by atoms with E-state index in [-0.39, 0.29) is 24.2 Å². The predicted octanol–water partition coefficient (Wildman–Crippen LogP) is 2.46. The lowest BCUT2D eigenvalue weighted by molar-refractivity contribution is -0.132. The van der Waals surface area contributed by atoms with Gasteiger partial charge in [-0.1, -0.05) is 37.3 Å². The quantitative estimate of drug-likeness (QED) is 0.925. The number of nitrogens with zero attached hydrogens (tertiary/aromatic N) is 1. The molecule has 1 heterocycles. The summed E-state index contributed by atoms with van der Waals surface area (Å²) < 4.78 is 5.47. The predicted molar refractivity (Wildman–Crippen MR) is 81.7 cm³/mol. The van der Waals surface area contributed by atoms with Gasteiger partial charge in [-0.25, -0.2) is 0 Å². The summed E-state index contributed by atoms with van der Waals surface area (Å²) in [6.07, 6.45) is 4.15. The number of benzene rings is 1. The van der Waals surface area contributed by atoms with Crippen molar-refractivity contribution in [1.29, 1.82) is 0 Å². The van der Waals surface area contributed by atoms with Crippen LogP contribution in [0.5, 0.6) is 0 Å². The molecule has 2 aliphatic rings. The first-order valence-electron chi connectivity index (χ1n) is 7.90. The fourth-order valence-corrected chi connectivity index (χ4v) is 3.61. The second-order valence-corrected chi connectivity index (χ2v) is 6.01. The average Bonchev–Trinajstić information content (AvgIpc) is 3.12. The smallest absolute Gasteiger partial charge is 0.241 e. The van der Waals surface area contributed by atoms with Gasteiger partial charge in [0.05, 0.1) is 12.1 Å². The Hall–Kier alpha value is -1.39. The van der Waals surface area contributed by atoms with E-state index < -0.39 is 0 Å². The van der Waals surface area contributed by atoms with E-state index in [0.717, 1.165) is 25.7 Å². The lowest BCUT2D eigenvalue weighted by Crippen LogP contribution is -2.39. The van der Waals surface area contributed by atoms with Gasteiger partial charge in [0.25, 0.3) is 0 Å². The Morgan fingerprint density at radius 1 is 1.29 bits per heavy atom. The fraction of sp³-hybridized carbons (Fsp3) is 0.588. The molecule has 2 fully saturated rings. The first-order valence-corrected chi connectivity index (χ1v) is 7.90. The summed E-state index contributed by atoms with van der Waals surface area (Å²) in [6.45, 7) is 2.06. The molecule has 1 aromatic carbocycles. The highest BCUT2D eigenvalue weighted by Gasteiger charge is 2.44. The van der Waals surface area contributed by atoms with Crippen molar-refractivity contribution in [2.24, 2.45) is 0 Å². The highest BCUT2D eigenvalue weighted by molar-refractivity contribution is 5.84. The molecule has 1 N–H and O–H groups in total. The Bertz CT molecular complexity index is 491. The van der Waals surface area contributed by atoms with Gasteiger partial charge < -0.3 is 9.64 Å². The van der Waals surface area contributed by atoms with Crippen LogP contribution in [0.4, 0.5) is 0 Å². The number of rotatable bonds is 4. The van der Waals surface area contributed by atoms with Crippen LogP contribution in [-0.4, -0.2) is 36.1 Å². The van der Waals surface area contributed by atoms with Gasteiger partial charge in [-0.2, -0.15) is 0 Å². The summed E-state index contributed by atoms with van der Waals surface area (Å²) in [6, 6.07) is 10.5. The lowest BCUT2D eigenvalue weighted by atomic mass is 10.1. The molecule has 1 saturated carbocycles. The summed E-state index contributed by atoms with van der Waals surface area (Å²) in [5.74, 6) is 0.244. The average molecular weight is 288 g/mol. The van der Waals surface area contributed by atoms with E-state index in [1.807, 2.05) is 18.2 Å². The van der Waals surface area contributed by atoms with Crippen LogP contribution in [0.2, 0.25) is 0 Å². The van der Waals surface area contributed by atoms with E-state index in [1.54, 1.807) is 7.11 Å². The molecule has 0 spiro atoms. The van der Waals surface area contributed by atoms with Gasteiger partial charge in [0.15, 0.2) is 0 Å². The molecule has 3 rings (SSSR count). The second-order valence-electron chi connectivity index (χ2n) is 6.01. The number of amides is 1. The van der Waals surface area contributed by atoms with Crippen molar-refractivity contribution in [2.75, 3.05) is 7.11 Å². The number of carbonyl (C=O) groups excluding carboxylic acids is 1. The van der Waals surface area contributed by atoms with Crippen molar-refractivity contribution in [3.05, 3.63) is 35.9 Å².